The molecule has 122 valence electrons. The maximum absolute atomic E-state index is 12.6. The Morgan fingerprint density at radius 3 is 1.56 bits per heavy atom. The molecule has 0 unspecified atom stereocenters. The van der Waals surface area contributed by atoms with Gasteiger partial charge in [-0.15, -0.1) is 0 Å². The molecule has 25 heavy (non-hydrogen) atoms. The highest BCUT2D eigenvalue weighted by Crippen LogP contribution is 2.23. The fraction of sp³-hybridized carbons (Fsp3) is 0.0417. The summed E-state index contributed by atoms with van der Waals surface area (Å²) in [6.07, 6.45) is 3.79. The summed E-state index contributed by atoms with van der Waals surface area (Å²) in [4.78, 5) is 12.6. The molecule has 0 aromatic heterocycles. The van der Waals surface area contributed by atoms with Crippen LogP contribution < -0.4 is 0 Å². The van der Waals surface area contributed by atoms with Crippen molar-refractivity contribution in [1.82, 2.24) is 0 Å². The fourth-order valence-electron chi connectivity index (χ4n) is 2.68. The molecule has 1 heteroatoms. The van der Waals surface area contributed by atoms with E-state index in [1.165, 1.54) is 0 Å². The van der Waals surface area contributed by atoms with E-state index in [4.69, 9.17) is 0 Å². The highest BCUT2D eigenvalue weighted by atomic mass is 16.1. The Hall–Kier alpha value is -3.19. The van der Waals surface area contributed by atoms with Crippen molar-refractivity contribution in [2.75, 3.05) is 0 Å². The summed E-state index contributed by atoms with van der Waals surface area (Å²) in [5.74, 6) is 0.0107. The van der Waals surface area contributed by atoms with Crippen molar-refractivity contribution < 1.29 is 4.79 Å². The van der Waals surface area contributed by atoms with Crippen LogP contribution in [0.3, 0.4) is 0 Å². The Bertz CT molecular complexity index is 889. The number of allylic oxidation sites excluding steroid dienone is 4. The summed E-state index contributed by atoms with van der Waals surface area (Å²) in [5, 5.41) is 0. The van der Waals surface area contributed by atoms with Gasteiger partial charge in [-0.1, -0.05) is 97.1 Å². The van der Waals surface area contributed by atoms with E-state index < -0.39 is 0 Å². The number of benzene rings is 3. The van der Waals surface area contributed by atoms with Crippen molar-refractivity contribution in [3.8, 4) is 0 Å². The summed E-state index contributed by atoms with van der Waals surface area (Å²) < 4.78 is 0. The maximum Gasteiger partial charge on any atom is 0.186 e. The minimum atomic E-state index is 0.0107. The van der Waals surface area contributed by atoms with Crippen LogP contribution in [0.5, 0.6) is 0 Å². The van der Waals surface area contributed by atoms with Crippen molar-refractivity contribution in [2.45, 2.75) is 6.92 Å². The lowest BCUT2D eigenvalue weighted by molar-refractivity contribution is 0.104. The van der Waals surface area contributed by atoms with Crippen LogP contribution in [0.15, 0.2) is 103 Å². The van der Waals surface area contributed by atoms with Gasteiger partial charge in [0.15, 0.2) is 5.78 Å². The van der Waals surface area contributed by atoms with Gasteiger partial charge in [0, 0.05) is 5.56 Å². The van der Waals surface area contributed by atoms with Crippen molar-refractivity contribution in [2.24, 2.45) is 0 Å². The first kappa shape index (κ1) is 16.7. The van der Waals surface area contributed by atoms with E-state index >= 15 is 0 Å². The van der Waals surface area contributed by atoms with Gasteiger partial charge in [-0.05, 0) is 35.3 Å². The first-order chi connectivity index (χ1) is 12.2. The summed E-state index contributed by atoms with van der Waals surface area (Å²) in [6, 6.07) is 29.6. The molecule has 0 aliphatic carbocycles. The molecule has 0 spiro atoms. The molecule has 3 rings (SSSR count). The van der Waals surface area contributed by atoms with Crippen molar-refractivity contribution in [3.05, 3.63) is 120 Å². The topological polar surface area (TPSA) is 17.1 Å². The van der Waals surface area contributed by atoms with E-state index in [0.717, 1.165) is 22.3 Å². The van der Waals surface area contributed by atoms with E-state index in [0.29, 0.717) is 5.56 Å². The fourth-order valence-corrected chi connectivity index (χ4v) is 2.68. The average Bonchev–Trinajstić information content (AvgIpc) is 2.69. The second-order valence-electron chi connectivity index (χ2n) is 5.89. The van der Waals surface area contributed by atoms with Crippen LogP contribution in [0.1, 0.15) is 28.4 Å². The van der Waals surface area contributed by atoms with Crippen molar-refractivity contribution in [3.63, 3.8) is 0 Å². The summed E-state index contributed by atoms with van der Waals surface area (Å²) in [5.41, 5.74) is 4.91. The van der Waals surface area contributed by atoms with Gasteiger partial charge in [-0.25, -0.2) is 0 Å². The van der Waals surface area contributed by atoms with Crippen LogP contribution in [0.2, 0.25) is 0 Å². The first-order valence-electron chi connectivity index (χ1n) is 8.34. The minimum absolute atomic E-state index is 0.0107. The number of carbonyl (C=O) groups excluding carboxylic acids is 1. The third-order valence-corrected chi connectivity index (χ3v) is 4.05. The molecule has 0 aliphatic rings. The Morgan fingerprint density at radius 1 is 0.600 bits per heavy atom. The standard InChI is InChI=1S/C24H20O/c1-19(20-11-5-2-6-12-20)17-23(21-13-7-3-8-14-21)18-24(25)22-15-9-4-10-16-22/h2-18H,1H3/b19-17-,23-18-. The van der Waals surface area contributed by atoms with Crippen molar-refractivity contribution in [1.29, 1.82) is 0 Å². The molecular weight excluding hydrogens is 304 g/mol. The lowest BCUT2D eigenvalue weighted by Crippen LogP contribution is -1.96. The molecule has 3 aromatic rings. The second-order valence-corrected chi connectivity index (χ2v) is 5.89. The lowest BCUT2D eigenvalue weighted by atomic mass is 9.97. The van der Waals surface area contributed by atoms with Crippen LogP contribution in [-0.2, 0) is 0 Å². The summed E-state index contributed by atoms with van der Waals surface area (Å²) in [7, 11) is 0. The normalized spacial score (nSPS) is 12.0. The number of hydrogen-bond acceptors (Lipinski definition) is 1. The van der Waals surface area contributed by atoms with E-state index in [2.05, 4.69) is 25.1 Å². The Morgan fingerprint density at radius 2 is 1.04 bits per heavy atom. The molecule has 0 bridgehead atoms. The molecule has 0 saturated carbocycles. The predicted octanol–water partition coefficient (Wildman–Crippen LogP) is 6.06. The van der Waals surface area contributed by atoms with Gasteiger partial charge in [0.1, 0.15) is 0 Å². The van der Waals surface area contributed by atoms with Gasteiger partial charge in [0.2, 0.25) is 0 Å². The Kier molecular flexibility index (Phi) is 5.38. The average molecular weight is 324 g/mol. The molecule has 1 nitrogen and oxygen atoms in total. The molecule has 0 aliphatic heterocycles. The zero-order valence-corrected chi connectivity index (χ0v) is 14.2. The van der Waals surface area contributed by atoms with Gasteiger partial charge < -0.3 is 0 Å². The van der Waals surface area contributed by atoms with Gasteiger partial charge >= 0.3 is 0 Å². The Labute approximate surface area is 149 Å². The van der Waals surface area contributed by atoms with E-state index in [1.54, 1.807) is 6.08 Å². The van der Waals surface area contributed by atoms with Crippen LogP contribution >= 0.6 is 0 Å². The van der Waals surface area contributed by atoms with Gasteiger partial charge in [0.05, 0.1) is 0 Å². The molecule has 0 N–H and O–H groups in total. The second kappa shape index (κ2) is 8.07. The largest absolute Gasteiger partial charge is 0.289 e. The smallest absolute Gasteiger partial charge is 0.186 e. The van der Waals surface area contributed by atoms with E-state index in [1.807, 2.05) is 78.9 Å². The number of rotatable bonds is 5. The van der Waals surface area contributed by atoms with Gasteiger partial charge in [0.25, 0.3) is 0 Å². The number of hydrogen-bond donors (Lipinski definition) is 0. The molecule has 0 radical (unpaired) electrons. The third kappa shape index (κ3) is 4.42. The highest BCUT2D eigenvalue weighted by molar-refractivity contribution is 6.10. The zero-order chi connectivity index (χ0) is 17.5. The molecule has 0 fully saturated rings. The van der Waals surface area contributed by atoms with Crippen LogP contribution in [-0.4, -0.2) is 5.78 Å². The SMILES string of the molecule is C/C(=C/C(=C/C(=O)c1ccccc1)c1ccccc1)c1ccccc1. The molecule has 0 amide bonds. The molecular formula is C24H20O. The van der Waals surface area contributed by atoms with Crippen LogP contribution in [0.25, 0.3) is 11.1 Å². The van der Waals surface area contributed by atoms with Crippen LogP contribution in [0.4, 0.5) is 0 Å². The van der Waals surface area contributed by atoms with Gasteiger partial charge in [-0.3, -0.25) is 4.79 Å². The Balaban J connectivity index is 2.02. The first-order valence-corrected chi connectivity index (χ1v) is 8.34. The van der Waals surface area contributed by atoms with E-state index in [-0.39, 0.29) is 5.78 Å². The maximum atomic E-state index is 12.6. The molecule has 0 saturated heterocycles. The van der Waals surface area contributed by atoms with Crippen LogP contribution in [0, 0.1) is 0 Å². The molecule has 0 atom stereocenters. The minimum Gasteiger partial charge on any atom is -0.289 e. The lowest BCUT2D eigenvalue weighted by Gasteiger charge is -2.07. The van der Waals surface area contributed by atoms with Crippen molar-refractivity contribution >= 4 is 16.9 Å². The highest BCUT2D eigenvalue weighted by Gasteiger charge is 2.06. The van der Waals surface area contributed by atoms with Gasteiger partial charge in [-0.2, -0.15) is 0 Å². The predicted molar refractivity (Wildman–Crippen MR) is 105 cm³/mol. The summed E-state index contributed by atoms with van der Waals surface area (Å²) in [6.45, 7) is 2.07. The third-order valence-electron chi connectivity index (χ3n) is 4.05. The number of carbonyl (C=O) groups is 1. The number of ketones is 1. The molecule has 3 aromatic carbocycles. The zero-order valence-electron chi connectivity index (χ0n) is 14.2. The molecule has 0 heterocycles. The quantitative estimate of drug-likeness (QED) is 0.317. The monoisotopic (exact) mass is 324 g/mol. The summed E-state index contributed by atoms with van der Waals surface area (Å²) >= 11 is 0. The van der Waals surface area contributed by atoms with E-state index in [9.17, 15) is 4.79 Å².